The van der Waals surface area contributed by atoms with Crippen molar-refractivity contribution in [3.63, 3.8) is 0 Å². The normalized spacial score (nSPS) is 14.0. The SMILES string of the molecule is C/C(=C\c1cc(Br)c2c(c1)OCO2)[N+](=O)[O-]. The van der Waals surface area contributed by atoms with Gasteiger partial charge >= 0.3 is 0 Å². The average Bonchev–Trinajstić information content (AvgIpc) is 2.65. The molecule has 0 amide bonds. The monoisotopic (exact) mass is 285 g/mol. The van der Waals surface area contributed by atoms with Gasteiger partial charge in [0.05, 0.1) is 9.40 Å². The second-order valence-electron chi connectivity index (χ2n) is 3.28. The molecule has 0 spiro atoms. The van der Waals surface area contributed by atoms with Crippen molar-refractivity contribution in [2.75, 3.05) is 6.79 Å². The van der Waals surface area contributed by atoms with Crippen LogP contribution in [0.25, 0.3) is 6.08 Å². The van der Waals surface area contributed by atoms with Crippen molar-refractivity contribution in [2.24, 2.45) is 0 Å². The molecule has 0 bridgehead atoms. The molecule has 0 saturated carbocycles. The maximum atomic E-state index is 10.5. The van der Waals surface area contributed by atoms with Gasteiger partial charge in [-0.05, 0) is 33.6 Å². The van der Waals surface area contributed by atoms with Gasteiger partial charge in [0.15, 0.2) is 11.5 Å². The molecule has 0 aromatic heterocycles. The molecule has 0 aliphatic carbocycles. The summed E-state index contributed by atoms with van der Waals surface area (Å²) in [5, 5.41) is 10.5. The number of nitro groups is 1. The summed E-state index contributed by atoms with van der Waals surface area (Å²) in [5.41, 5.74) is 0.774. The van der Waals surface area contributed by atoms with E-state index in [9.17, 15) is 10.1 Å². The highest BCUT2D eigenvalue weighted by Gasteiger charge is 2.17. The van der Waals surface area contributed by atoms with Crippen molar-refractivity contribution in [1.29, 1.82) is 0 Å². The molecule has 6 heteroatoms. The van der Waals surface area contributed by atoms with Crippen LogP contribution in [0.4, 0.5) is 0 Å². The Morgan fingerprint density at radius 2 is 2.31 bits per heavy atom. The molecule has 1 heterocycles. The lowest BCUT2D eigenvalue weighted by atomic mass is 10.2. The Balaban J connectivity index is 2.41. The maximum absolute atomic E-state index is 10.5. The first-order valence-electron chi connectivity index (χ1n) is 4.50. The molecule has 1 aliphatic heterocycles. The molecular formula is C10H8BrNO4. The molecule has 1 aromatic rings. The summed E-state index contributed by atoms with van der Waals surface area (Å²) in [5.74, 6) is 1.23. The van der Waals surface area contributed by atoms with Crippen LogP contribution in [0.1, 0.15) is 12.5 Å². The predicted octanol–water partition coefficient (Wildman–Crippen LogP) is 2.82. The van der Waals surface area contributed by atoms with E-state index in [0.29, 0.717) is 17.1 Å². The fourth-order valence-electron chi connectivity index (χ4n) is 1.36. The largest absolute Gasteiger partial charge is 0.454 e. The van der Waals surface area contributed by atoms with E-state index in [1.54, 1.807) is 12.1 Å². The molecule has 0 atom stereocenters. The summed E-state index contributed by atoms with van der Waals surface area (Å²) in [6.45, 7) is 1.62. The molecule has 0 fully saturated rings. The first-order valence-corrected chi connectivity index (χ1v) is 5.29. The molecule has 0 unspecified atom stereocenters. The van der Waals surface area contributed by atoms with E-state index in [-0.39, 0.29) is 12.5 Å². The lowest BCUT2D eigenvalue weighted by molar-refractivity contribution is -0.422. The van der Waals surface area contributed by atoms with Gasteiger partial charge in [-0.2, -0.15) is 0 Å². The van der Waals surface area contributed by atoms with Crippen LogP contribution in [0.2, 0.25) is 0 Å². The van der Waals surface area contributed by atoms with Gasteiger partial charge in [-0.3, -0.25) is 10.1 Å². The number of allylic oxidation sites excluding steroid dienone is 1. The van der Waals surface area contributed by atoms with Crippen molar-refractivity contribution in [3.05, 3.63) is 38.0 Å². The number of halogens is 1. The Bertz CT molecular complexity index is 484. The lowest BCUT2D eigenvalue weighted by Crippen LogP contribution is -1.93. The molecule has 84 valence electrons. The van der Waals surface area contributed by atoms with E-state index in [2.05, 4.69) is 15.9 Å². The zero-order chi connectivity index (χ0) is 11.7. The van der Waals surface area contributed by atoms with Crippen molar-refractivity contribution >= 4 is 22.0 Å². The zero-order valence-corrected chi connectivity index (χ0v) is 9.98. The van der Waals surface area contributed by atoms with E-state index in [0.717, 1.165) is 4.47 Å². The number of nitrogens with zero attached hydrogens (tertiary/aromatic N) is 1. The topological polar surface area (TPSA) is 61.6 Å². The van der Waals surface area contributed by atoms with E-state index < -0.39 is 4.92 Å². The van der Waals surface area contributed by atoms with Crippen LogP contribution in [-0.2, 0) is 0 Å². The van der Waals surface area contributed by atoms with Crippen LogP contribution in [0.5, 0.6) is 11.5 Å². The maximum Gasteiger partial charge on any atom is 0.243 e. The van der Waals surface area contributed by atoms with Crippen LogP contribution in [0, 0.1) is 10.1 Å². The van der Waals surface area contributed by atoms with Crippen molar-refractivity contribution in [1.82, 2.24) is 0 Å². The first kappa shape index (κ1) is 10.9. The van der Waals surface area contributed by atoms with Gasteiger partial charge in [-0.25, -0.2) is 0 Å². The predicted molar refractivity (Wildman–Crippen MR) is 60.9 cm³/mol. The number of hydrogen-bond acceptors (Lipinski definition) is 4. The third-order valence-corrected chi connectivity index (χ3v) is 2.70. The van der Waals surface area contributed by atoms with Crippen molar-refractivity contribution in [2.45, 2.75) is 6.92 Å². The highest BCUT2D eigenvalue weighted by Crippen LogP contribution is 2.40. The summed E-state index contributed by atoms with van der Waals surface area (Å²) >= 11 is 3.32. The minimum atomic E-state index is -0.432. The molecule has 0 saturated heterocycles. The van der Waals surface area contributed by atoms with Gasteiger partial charge in [-0.15, -0.1) is 0 Å². The molecule has 5 nitrogen and oxygen atoms in total. The molecule has 0 N–H and O–H groups in total. The Labute approximate surface area is 99.9 Å². The molecule has 1 aliphatic rings. The van der Waals surface area contributed by atoms with Gasteiger partial charge in [0.25, 0.3) is 0 Å². The highest BCUT2D eigenvalue weighted by atomic mass is 79.9. The van der Waals surface area contributed by atoms with Gasteiger partial charge in [0, 0.05) is 13.0 Å². The Hall–Kier alpha value is -1.56. The fraction of sp³-hybridized carbons (Fsp3) is 0.200. The number of fused-ring (bicyclic) bond motifs is 1. The van der Waals surface area contributed by atoms with Crippen LogP contribution in [0.3, 0.4) is 0 Å². The summed E-state index contributed by atoms with van der Waals surface area (Å²) in [7, 11) is 0. The molecule has 2 rings (SSSR count). The molecule has 16 heavy (non-hydrogen) atoms. The molecular weight excluding hydrogens is 278 g/mol. The average molecular weight is 286 g/mol. The highest BCUT2D eigenvalue weighted by molar-refractivity contribution is 9.10. The molecule has 1 aromatic carbocycles. The quantitative estimate of drug-likeness (QED) is 0.619. The summed E-state index contributed by atoms with van der Waals surface area (Å²) < 4.78 is 11.2. The Morgan fingerprint density at radius 3 is 3.00 bits per heavy atom. The standard InChI is InChI=1S/C10H8BrNO4/c1-6(12(13)14)2-7-3-8(11)10-9(4-7)15-5-16-10/h2-4H,5H2,1H3/b6-2+. The first-order chi connectivity index (χ1) is 7.58. The van der Waals surface area contributed by atoms with Crippen LogP contribution in [-0.4, -0.2) is 11.7 Å². The van der Waals surface area contributed by atoms with Crippen molar-refractivity contribution in [3.8, 4) is 11.5 Å². The molecule has 0 radical (unpaired) electrons. The second kappa shape index (κ2) is 4.13. The fourth-order valence-corrected chi connectivity index (χ4v) is 1.94. The third-order valence-electron chi connectivity index (χ3n) is 2.11. The van der Waals surface area contributed by atoms with Gasteiger partial charge in [0.2, 0.25) is 12.5 Å². The second-order valence-corrected chi connectivity index (χ2v) is 4.13. The van der Waals surface area contributed by atoms with Crippen LogP contribution < -0.4 is 9.47 Å². The van der Waals surface area contributed by atoms with Crippen LogP contribution in [0.15, 0.2) is 22.3 Å². The lowest BCUT2D eigenvalue weighted by Gasteiger charge is -2.01. The number of ether oxygens (including phenoxy) is 2. The smallest absolute Gasteiger partial charge is 0.243 e. The van der Waals surface area contributed by atoms with Gasteiger partial charge in [0.1, 0.15) is 0 Å². The number of benzene rings is 1. The number of hydrogen-bond donors (Lipinski definition) is 0. The van der Waals surface area contributed by atoms with Crippen LogP contribution >= 0.6 is 15.9 Å². The van der Waals surface area contributed by atoms with E-state index in [4.69, 9.17) is 9.47 Å². The van der Waals surface area contributed by atoms with E-state index >= 15 is 0 Å². The Morgan fingerprint density at radius 1 is 1.56 bits per heavy atom. The van der Waals surface area contributed by atoms with Crippen molar-refractivity contribution < 1.29 is 14.4 Å². The third kappa shape index (κ3) is 2.01. The summed E-state index contributed by atoms with van der Waals surface area (Å²) in [6.07, 6.45) is 1.48. The summed E-state index contributed by atoms with van der Waals surface area (Å²) in [4.78, 5) is 10.1. The number of rotatable bonds is 2. The van der Waals surface area contributed by atoms with E-state index in [1.807, 2.05) is 0 Å². The Kier molecular flexibility index (Phi) is 2.82. The summed E-state index contributed by atoms with van der Waals surface area (Å²) in [6, 6.07) is 3.46. The van der Waals surface area contributed by atoms with E-state index in [1.165, 1.54) is 13.0 Å². The zero-order valence-electron chi connectivity index (χ0n) is 8.40. The minimum absolute atomic E-state index is 0.0748. The van der Waals surface area contributed by atoms with Gasteiger partial charge < -0.3 is 9.47 Å². The minimum Gasteiger partial charge on any atom is -0.454 e. The van der Waals surface area contributed by atoms with Gasteiger partial charge in [-0.1, -0.05) is 0 Å².